The molecular formula is C43H61N3O13S2. The summed E-state index contributed by atoms with van der Waals surface area (Å²) in [4.78, 5) is 63.5. The van der Waals surface area contributed by atoms with Crippen LogP contribution >= 0.6 is 21.6 Å². The van der Waals surface area contributed by atoms with Crippen molar-refractivity contribution in [1.82, 2.24) is 16.0 Å². The molecule has 3 N–H and O–H groups in total. The van der Waals surface area contributed by atoms with Crippen LogP contribution in [0, 0.1) is 0 Å². The molecule has 2 aliphatic rings. The standard InChI is InChI=1S/C43H61N3O13S2/c1-4-33(44-42(50)59-29-31-13-8-14-32(27-31)34(41-56-23-24-57-41)15-9-17-37(47)52-2)19-25-60-61-26-20-35(46-43(51)58-28-30-11-6-5-7-12-30)39(48)45-36(40(49)53-3)16-10-18-38-54-21-22-55-38/h5-8,11-14,27,33-36,38,41H,4,9-10,15-26,28-29H2,1-3H3,(H,44,50)(H,45,48)(H,46,51)/t33-,34?,35+,36+/m1/s1. The molecule has 61 heavy (non-hydrogen) atoms. The number of amides is 3. The Bertz CT molecular complexity index is 1630. The molecule has 0 bridgehead atoms. The molecule has 0 aliphatic carbocycles. The Kier molecular flexibility index (Phi) is 23.2. The van der Waals surface area contributed by atoms with Crippen molar-refractivity contribution in [3.8, 4) is 0 Å². The lowest BCUT2D eigenvalue weighted by Crippen LogP contribution is -2.52. The van der Waals surface area contributed by atoms with Crippen LogP contribution < -0.4 is 16.0 Å². The van der Waals surface area contributed by atoms with E-state index in [4.69, 9.17) is 37.9 Å². The first-order valence-electron chi connectivity index (χ1n) is 20.8. The lowest BCUT2D eigenvalue weighted by atomic mass is 9.91. The zero-order valence-corrected chi connectivity index (χ0v) is 36.9. The monoisotopic (exact) mass is 891 g/mol. The molecule has 2 saturated heterocycles. The maximum Gasteiger partial charge on any atom is 0.408 e. The molecule has 2 fully saturated rings. The minimum absolute atomic E-state index is 0.0302. The van der Waals surface area contributed by atoms with Gasteiger partial charge in [0.05, 0.1) is 40.6 Å². The van der Waals surface area contributed by atoms with Crippen molar-refractivity contribution in [1.29, 1.82) is 0 Å². The lowest BCUT2D eigenvalue weighted by molar-refractivity contribution is -0.145. The van der Waals surface area contributed by atoms with E-state index < -0.39 is 42.4 Å². The molecule has 3 amide bonds. The van der Waals surface area contributed by atoms with Gasteiger partial charge in [-0.15, -0.1) is 0 Å². The van der Waals surface area contributed by atoms with Crippen LogP contribution in [-0.2, 0) is 65.5 Å². The van der Waals surface area contributed by atoms with Crippen LogP contribution in [0.15, 0.2) is 54.6 Å². The molecule has 0 saturated carbocycles. The van der Waals surface area contributed by atoms with Gasteiger partial charge in [-0.3, -0.25) is 9.59 Å². The molecule has 4 atom stereocenters. The number of nitrogens with one attached hydrogen (secondary N) is 3. The number of methoxy groups -OCH3 is 2. The Morgan fingerprint density at radius 2 is 1.36 bits per heavy atom. The quantitative estimate of drug-likeness (QED) is 0.0400. The third kappa shape index (κ3) is 18.8. The number of alkyl carbamates (subject to hydrolysis) is 2. The summed E-state index contributed by atoms with van der Waals surface area (Å²) in [5, 5.41) is 8.39. The second-order valence-electron chi connectivity index (χ2n) is 14.4. The van der Waals surface area contributed by atoms with E-state index >= 15 is 0 Å². The number of benzene rings is 2. The van der Waals surface area contributed by atoms with Gasteiger partial charge in [-0.25, -0.2) is 14.4 Å². The molecule has 338 valence electrons. The SMILES string of the molecule is CC[C@H](CCSSCC[C@H](NC(=O)OCc1ccccc1)C(=O)N[C@@H](CCCC1OCCO1)C(=O)OC)NC(=O)OCc1cccc(C(CCCC(=O)OC)C2OCCO2)c1. The Labute approximate surface area is 366 Å². The Morgan fingerprint density at radius 1 is 0.705 bits per heavy atom. The predicted molar refractivity (Wildman–Crippen MR) is 229 cm³/mol. The normalized spacial score (nSPS) is 16.2. The molecule has 0 spiro atoms. The Hall–Kier alpha value is -4.07. The van der Waals surface area contributed by atoms with Crippen LogP contribution in [0.4, 0.5) is 9.59 Å². The van der Waals surface area contributed by atoms with Crippen LogP contribution in [-0.4, -0.2) is 113 Å². The summed E-state index contributed by atoms with van der Waals surface area (Å²) in [5.41, 5.74) is 2.59. The van der Waals surface area contributed by atoms with Crippen molar-refractivity contribution < 1.29 is 61.9 Å². The average Bonchev–Trinajstić information content (AvgIpc) is 4.02. The van der Waals surface area contributed by atoms with E-state index in [9.17, 15) is 24.0 Å². The molecule has 1 unspecified atom stereocenters. The van der Waals surface area contributed by atoms with Crippen LogP contribution in [0.2, 0.25) is 0 Å². The van der Waals surface area contributed by atoms with Gasteiger partial charge >= 0.3 is 24.1 Å². The fourth-order valence-corrected chi connectivity index (χ4v) is 8.90. The molecule has 0 radical (unpaired) electrons. The van der Waals surface area contributed by atoms with Gasteiger partial charge in [-0.05, 0) is 68.1 Å². The first-order valence-corrected chi connectivity index (χ1v) is 23.3. The average molecular weight is 892 g/mol. The van der Waals surface area contributed by atoms with Crippen molar-refractivity contribution in [2.45, 2.75) is 115 Å². The topological polar surface area (TPSA) is 195 Å². The van der Waals surface area contributed by atoms with Crippen molar-refractivity contribution in [3.05, 3.63) is 71.3 Å². The highest BCUT2D eigenvalue weighted by Gasteiger charge is 2.30. The number of rotatable bonds is 27. The van der Waals surface area contributed by atoms with E-state index in [-0.39, 0.29) is 43.9 Å². The highest BCUT2D eigenvalue weighted by molar-refractivity contribution is 8.76. The number of carbonyl (C=O) groups is 5. The molecule has 0 aromatic heterocycles. The van der Waals surface area contributed by atoms with Gasteiger partial charge in [0.15, 0.2) is 12.6 Å². The molecule has 18 heteroatoms. The molecule has 4 rings (SSSR count). The van der Waals surface area contributed by atoms with Gasteiger partial charge < -0.3 is 53.8 Å². The number of hydrogen-bond acceptors (Lipinski definition) is 15. The number of esters is 2. The fraction of sp³-hybridized carbons (Fsp3) is 0.605. The van der Waals surface area contributed by atoms with Crippen molar-refractivity contribution in [2.75, 3.05) is 52.2 Å². The van der Waals surface area contributed by atoms with E-state index in [0.29, 0.717) is 89.3 Å². The van der Waals surface area contributed by atoms with Crippen molar-refractivity contribution >= 4 is 51.6 Å². The molecule has 2 aromatic carbocycles. The number of ether oxygens (including phenoxy) is 8. The largest absolute Gasteiger partial charge is 0.469 e. The van der Waals surface area contributed by atoms with E-state index in [0.717, 1.165) is 16.7 Å². The van der Waals surface area contributed by atoms with E-state index in [1.54, 1.807) is 10.8 Å². The molecule has 2 aliphatic heterocycles. The summed E-state index contributed by atoms with van der Waals surface area (Å²) in [6, 6.07) is 14.9. The first kappa shape index (κ1) is 49.6. The van der Waals surface area contributed by atoms with E-state index in [1.807, 2.05) is 61.5 Å². The molecular weight excluding hydrogens is 831 g/mol. The molecule has 2 aromatic rings. The van der Waals surface area contributed by atoms with Gasteiger partial charge in [-0.2, -0.15) is 0 Å². The van der Waals surface area contributed by atoms with Gasteiger partial charge in [0.2, 0.25) is 5.91 Å². The second-order valence-corrected chi connectivity index (χ2v) is 17.1. The van der Waals surface area contributed by atoms with Crippen LogP contribution in [0.3, 0.4) is 0 Å². The number of carbonyl (C=O) groups excluding carboxylic acids is 5. The van der Waals surface area contributed by atoms with Gasteiger partial charge in [-0.1, -0.05) is 83.1 Å². The van der Waals surface area contributed by atoms with Crippen LogP contribution in [0.5, 0.6) is 0 Å². The predicted octanol–water partition coefficient (Wildman–Crippen LogP) is 6.15. The van der Waals surface area contributed by atoms with E-state index in [1.165, 1.54) is 25.0 Å². The third-order valence-electron chi connectivity index (χ3n) is 10.0. The summed E-state index contributed by atoms with van der Waals surface area (Å²) < 4.78 is 43.3. The van der Waals surface area contributed by atoms with Crippen LogP contribution in [0.25, 0.3) is 0 Å². The molecule has 2 heterocycles. The van der Waals surface area contributed by atoms with Gasteiger partial charge in [0.25, 0.3) is 0 Å². The Balaban J connectivity index is 1.22. The Morgan fingerprint density at radius 3 is 2.05 bits per heavy atom. The minimum atomic E-state index is -0.979. The smallest absolute Gasteiger partial charge is 0.408 e. The first-order chi connectivity index (χ1) is 29.7. The summed E-state index contributed by atoms with van der Waals surface area (Å²) in [5.74, 6) is -0.267. The summed E-state index contributed by atoms with van der Waals surface area (Å²) in [7, 11) is 5.76. The third-order valence-corrected chi connectivity index (χ3v) is 12.5. The van der Waals surface area contributed by atoms with E-state index in [2.05, 4.69) is 16.0 Å². The van der Waals surface area contributed by atoms with Crippen molar-refractivity contribution in [2.24, 2.45) is 0 Å². The van der Waals surface area contributed by atoms with Gasteiger partial charge in [0.1, 0.15) is 25.3 Å². The summed E-state index contributed by atoms with van der Waals surface area (Å²) in [6.07, 6.45) is 2.61. The molecule has 16 nitrogen and oxygen atoms in total. The van der Waals surface area contributed by atoms with Gasteiger partial charge in [0, 0.05) is 29.9 Å². The fourth-order valence-electron chi connectivity index (χ4n) is 6.66. The zero-order chi connectivity index (χ0) is 43.7. The summed E-state index contributed by atoms with van der Waals surface area (Å²) >= 11 is 0. The van der Waals surface area contributed by atoms with Crippen molar-refractivity contribution in [3.63, 3.8) is 0 Å². The zero-order valence-electron chi connectivity index (χ0n) is 35.3. The summed E-state index contributed by atoms with van der Waals surface area (Å²) in [6.45, 7) is 4.16. The number of hydrogen-bond donors (Lipinski definition) is 3. The van der Waals surface area contributed by atoms with Crippen LogP contribution in [0.1, 0.15) is 87.3 Å². The maximum atomic E-state index is 13.5. The highest BCUT2D eigenvalue weighted by Crippen LogP contribution is 2.31. The minimum Gasteiger partial charge on any atom is -0.469 e. The highest BCUT2D eigenvalue weighted by atomic mass is 33.1. The second kappa shape index (κ2) is 28.5. The lowest BCUT2D eigenvalue weighted by Gasteiger charge is -2.23. The maximum absolute atomic E-state index is 13.5.